The SMILES string of the molecule is O=C1CCC(N2Cc3c(OCCc4cn(-c5ccccc5)nn4)cccc3C2=O)C(=O)N1. The molecule has 5 rings (SSSR count). The summed E-state index contributed by atoms with van der Waals surface area (Å²) in [6.07, 6.45) is 2.98. The van der Waals surface area contributed by atoms with Crippen molar-refractivity contribution in [3.05, 3.63) is 71.5 Å². The summed E-state index contributed by atoms with van der Waals surface area (Å²) in [6.45, 7) is 0.650. The monoisotopic (exact) mass is 431 g/mol. The van der Waals surface area contributed by atoms with Gasteiger partial charge in [0.2, 0.25) is 11.8 Å². The minimum Gasteiger partial charge on any atom is -0.493 e. The highest BCUT2D eigenvalue weighted by Crippen LogP contribution is 2.33. The molecule has 0 spiro atoms. The average molecular weight is 431 g/mol. The van der Waals surface area contributed by atoms with Crippen LogP contribution >= 0.6 is 0 Å². The Morgan fingerprint density at radius 1 is 1.06 bits per heavy atom. The molecule has 3 heterocycles. The lowest BCUT2D eigenvalue weighted by Gasteiger charge is -2.29. The number of hydrogen-bond acceptors (Lipinski definition) is 6. The van der Waals surface area contributed by atoms with Crippen molar-refractivity contribution in [1.29, 1.82) is 0 Å². The highest BCUT2D eigenvalue weighted by atomic mass is 16.5. The van der Waals surface area contributed by atoms with Crippen molar-refractivity contribution in [2.45, 2.75) is 31.8 Å². The van der Waals surface area contributed by atoms with E-state index in [-0.39, 0.29) is 24.8 Å². The number of hydrogen-bond donors (Lipinski definition) is 1. The smallest absolute Gasteiger partial charge is 0.255 e. The summed E-state index contributed by atoms with van der Waals surface area (Å²) in [5.41, 5.74) is 3.01. The van der Waals surface area contributed by atoms with Gasteiger partial charge >= 0.3 is 0 Å². The maximum absolute atomic E-state index is 12.9. The lowest BCUT2D eigenvalue weighted by Crippen LogP contribution is -2.52. The molecule has 3 amide bonds. The van der Waals surface area contributed by atoms with Crippen molar-refractivity contribution < 1.29 is 19.1 Å². The summed E-state index contributed by atoms with van der Waals surface area (Å²) in [5, 5.41) is 10.7. The molecule has 2 aliphatic heterocycles. The molecule has 9 nitrogen and oxygen atoms in total. The highest BCUT2D eigenvalue weighted by molar-refractivity contribution is 6.05. The second kappa shape index (κ2) is 8.26. The quantitative estimate of drug-likeness (QED) is 0.595. The van der Waals surface area contributed by atoms with Crippen molar-refractivity contribution in [1.82, 2.24) is 25.2 Å². The average Bonchev–Trinajstić information content (AvgIpc) is 3.40. The Bertz CT molecular complexity index is 1190. The largest absolute Gasteiger partial charge is 0.493 e. The number of nitrogens with zero attached hydrogens (tertiary/aromatic N) is 4. The van der Waals surface area contributed by atoms with Crippen molar-refractivity contribution in [3.8, 4) is 11.4 Å². The molecular formula is C23H21N5O4. The molecule has 9 heteroatoms. The third kappa shape index (κ3) is 3.73. The number of carbonyl (C=O) groups is 3. The molecule has 0 aliphatic carbocycles. The summed E-state index contributed by atoms with van der Waals surface area (Å²) in [4.78, 5) is 38.1. The Balaban J connectivity index is 1.25. The van der Waals surface area contributed by atoms with Gasteiger partial charge in [-0.05, 0) is 30.7 Å². The van der Waals surface area contributed by atoms with Crippen LogP contribution in [0.15, 0.2) is 54.7 Å². The van der Waals surface area contributed by atoms with Gasteiger partial charge in [0.25, 0.3) is 5.91 Å². The predicted molar refractivity (Wildman–Crippen MR) is 113 cm³/mol. The van der Waals surface area contributed by atoms with E-state index in [1.54, 1.807) is 16.8 Å². The number of imide groups is 1. The minimum atomic E-state index is -0.645. The van der Waals surface area contributed by atoms with Gasteiger partial charge in [-0.2, -0.15) is 0 Å². The number of aromatic nitrogens is 3. The van der Waals surface area contributed by atoms with Crippen LogP contribution in [0.2, 0.25) is 0 Å². The summed E-state index contributed by atoms with van der Waals surface area (Å²) in [5.74, 6) is -0.332. The molecule has 0 radical (unpaired) electrons. The Morgan fingerprint density at radius 2 is 1.91 bits per heavy atom. The summed E-state index contributed by atoms with van der Waals surface area (Å²) in [7, 11) is 0. The molecule has 162 valence electrons. The van der Waals surface area contributed by atoms with Crippen LogP contribution in [0, 0.1) is 0 Å². The van der Waals surface area contributed by atoms with E-state index in [0.717, 1.165) is 16.9 Å². The van der Waals surface area contributed by atoms with E-state index in [1.807, 2.05) is 42.6 Å². The van der Waals surface area contributed by atoms with Gasteiger partial charge in [-0.1, -0.05) is 29.5 Å². The molecule has 1 unspecified atom stereocenters. The van der Waals surface area contributed by atoms with E-state index in [4.69, 9.17) is 4.74 Å². The van der Waals surface area contributed by atoms with Crippen molar-refractivity contribution in [3.63, 3.8) is 0 Å². The topological polar surface area (TPSA) is 106 Å². The number of fused-ring (bicyclic) bond motifs is 1. The molecule has 1 atom stereocenters. The van der Waals surface area contributed by atoms with Crippen LogP contribution in [0.3, 0.4) is 0 Å². The number of amides is 3. The third-order valence-electron chi connectivity index (χ3n) is 5.72. The van der Waals surface area contributed by atoms with Gasteiger partial charge in [0.15, 0.2) is 0 Å². The van der Waals surface area contributed by atoms with Crippen LogP contribution in [0.5, 0.6) is 5.75 Å². The Hall–Kier alpha value is -4.01. The van der Waals surface area contributed by atoms with E-state index in [0.29, 0.717) is 30.8 Å². The number of para-hydroxylation sites is 1. The maximum Gasteiger partial charge on any atom is 0.255 e. The fourth-order valence-corrected chi connectivity index (χ4v) is 4.08. The van der Waals surface area contributed by atoms with Crippen molar-refractivity contribution in [2.75, 3.05) is 6.61 Å². The molecule has 1 N–H and O–H groups in total. The highest BCUT2D eigenvalue weighted by Gasteiger charge is 2.40. The second-order valence-corrected chi connectivity index (χ2v) is 7.77. The zero-order valence-electron chi connectivity index (χ0n) is 17.2. The van der Waals surface area contributed by atoms with Gasteiger partial charge in [0.05, 0.1) is 30.7 Å². The minimum absolute atomic E-state index is 0.217. The van der Waals surface area contributed by atoms with Crippen LogP contribution < -0.4 is 10.1 Å². The van der Waals surface area contributed by atoms with Gasteiger partial charge in [-0.25, -0.2) is 4.68 Å². The van der Waals surface area contributed by atoms with Gasteiger partial charge in [0, 0.05) is 24.0 Å². The van der Waals surface area contributed by atoms with Crippen LogP contribution in [-0.2, 0) is 22.6 Å². The Morgan fingerprint density at radius 3 is 2.72 bits per heavy atom. The summed E-state index contributed by atoms with van der Waals surface area (Å²) in [6, 6.07) is 14.4. The second-order valence-electron chi connectivity index (χ2n) is 7.77. The molecule has 32 heavy (non-hydrogen) atoms. The zero-order chi connectivity index (χ0) is 22.1. The molecule has 2 aromatic carbocycles. The van der Waals surface area contributed by atoms with E-state index < -0.39 is 11.9 Å². The fraction of sp³-hybridized carbons (Fsp3) is 0.261. The predicted octanol–water partition coefficient (Wildman–Crippen LogP) is 1.65. The first-order valence-corrected chi connectivity index (χ1v) is 10.5. The van der Waals surface area contributed by atoms with Crippen molar-refractivity contribution in [2.24, 2.45) is 0 Å². The van der Waals surface area contributed by atoms with Crippen LogP contribution in [-0.4, -0.2) is 50.3 Å². The number of piperidine rings is 1. The van der Waals surface area contributed by atoms with Gasteiger partial charge in [-0.15, -0.1) is 5.10 Å². The van der Waals surface area contributed by atoms with Gasteiger partial charge in [-0.3, -0.25) is 19.7 Å². The lowest BCUT2D eigenvalue weighted by molar-refractivity contribution is -0.136. The number of nitrogens with one attached hydrogen (secondary N) is 1. The van der Waals surface area contributed by atoms with Crippen LogP contribution in [0.4, 0.5) is 0 Å². The Labute approximate surface area is 184 Å². The number of ether oxygens (including phenoxy) is 1. The van der Waals surface area contributed by atoms with Gasteiger partial charge < -0.3 is 9.64 Å². The molecular weight excluding hydrogens is 410 g/mol. The van der Waals surface area contributed by atoms with Crippen LogP contribution in [0.1, 0.15) is 34.5 Å². The maximum atomic E-state index is 12.9. The molecule has 2 aliphatic rings. The standard InChI is InChI=1S/C23H21N5O4/c29-21-10-9-19(22(30)24-21)27-14-18-17(23(27)31)7-4-8-20(18)32-12-11-15-13-28(26-25-15)16-5-2-1-3-6-16/h1-8,13,19H,9-12,14H2,(H,24,29,30). The first-order valence-electron chi connectivity index (χ1n) is 10.5. The van der Waals surface area contributed by atoms with E-state index >= 15 is 0 Å². The third-order valence-corrected chi connectivity index (χ3v) is 5.72. The summed E-state index contributed by atoms with van der Waals surface area (Å²) >= 11 is 0. The number of benzene rings is 2. The van der Waals surface area contributed by atoms with Crippen LogP contribution in [0.25, 0.3) is 5.69 Å². The molecule has 0 saturated carbocycles. The molecule has 1 aromatic heterocycles. The molecule has 0 bridgehead atoms. The first-order chi connectivity index (χ1) is 15.6. The fourth-order valence-electron chi connectivity index (χ4n) is 4.08. The van der Waals surface area contributed by atoms with Crippen molar-refractivity contribution >= 4 is 17.7 Å². The normalized spacial score (nSPS) is 17.9. The van der Waals surface area contributed by atoms with E-state index in [2.05, 4.69) is 15.6 Å². The number of carbonyl (C=O) groups excluding carboxylic acids is 3. The summed E-state index contributed by atoms with van der Waals surface area (Å²) < 4.78 is 7.70. The number of rotatable bonds is 6. The van der Waals surface area contributed by atoms with Gasteiger partial charge in [0.1, 0.15) is 11.8 Å². The molecule has 3 aromatic rings. The lowest BCUT2D eigenvalue weighted by atomic mass is 10.0. The Kier molecular flexibility index (Phi) is 5.14. The molecule has 1 saturated heterocycles. The zero-order valence-corrected chi connectivity index (χ0v) is 17.2. The van der Waals surface area contributed by atoms with E-state index in [1.165, 1.54) is 4.90 Å². The first kappa shape index (κ1) is 19.9. The molecule has 1 fully saturated rings. The van der Waals surface area contributed by atoms with E-state index in [9.17, 15) is 14.4 Å².